The molecule has 1 atom stereocenters. The fraction of sp³-hybridized carbons (Fsp3) is 0.533. The van der Waals surface area contributed by atoms with Crippen LogP contribution in [0.25, 0.3) is 0 Å². The number of carbonyl (C=O) groups excluding carboxylic acids is 1. The maximum Gasteiger partial charge on any atom is 0.224 e. The second-order valence-electron chi connectivity index (χ2n) is 5.79. The summed E-state index contributed by atoms with van der Waals surface area (Å²) >= 11 is 5.99. The molecule has 0 saturated carbocycles. The van der Waals surface area contributed by atoms with Crippen LogP contribution in [0.5, 0.6) is 0 Å². The second-order valence-corrected chi connectivity index (χ2v) is 6.20. The zero-order chi connectivity index (χ0) is 14.5. The molecule has 4 heteroatoms. The van der Waals surface area contributed by atoms with Gasteiger partial charge < -0.3 is 10.4 Å². The summed E-state index contributed by atoms with van der Waals surface area (Å²) in [6.07, 6.45) is 0.399. The number of hydrogen-bond donors (Lipinski definition) is 2. The number of halogens is 1. The fourth-order valence-electron chi connectivity index (χ4n) is 1.66. The lowest BCUT2D eigenvalue weighted by Gasteiger charge is -2.25. The highest BCUT2D eigenvalue weighted by molar-refractivity contribution is 6.31. The van der Waals surface area contributed by atoms with Crippen LogP contribution < -0.4 is 5.32 Å². The van der Waals surface area contributed by atoms with Gasteiger partial charge in [0.25, 0.3) is 0 Å². The van der Waals surface area contributed by atoms with Gasteiger partial charge >= 0.3 is 0 Å². The summed E-state index contributed by atoms with van der Waals surface area (Å²) in [5.41, 5.74) is 0.658. The van der Waals surface area contributed by atoms with Gasteiger partial charge in [-0.3, -0.25) is 4.79 Å². The van der Waals surface area contributed by atoms with E-state index in [2.05, 4.69) is 5.32 Å². The summed E-state index contributed by atoms with van der Waals surface area (Å²) < 4.78 is 0. The Morgan fingerprint density at radius 1 is 1.37 bits per heavy atom. The minimum atomic E-state index is -0.423. The molecule has 0 spiro atoms. The minimum Gasteiger partial charge on any atom is -0.393 e. The quantitative estimate of drug-likeness (QED) is 0.873. The third-order valence-corrected chi connectivity index (χ3v) is 3.42. The Morgan fingerprint density at radius 2 is 2.00 bits per heavy atom. The molecule has 0 heterocycles. The van der Waals surface area contributed by atoms with Crippen molar-refractivity contribution < 1.29 is 9.90 Å². The highest BCUT2D eigenvalue weighted by atomic mass is 35.5. The molecule has 0 aromatic heterocycles. The largest absolute Gasteiger partial charge is 0.393 e. The topological polar surface area (TPSA) is 49.3 Å². The smallest absolute Gasteiger partial charge is 0.224 e. The van der Waals surface area contributed by atoms with Gasteiger partial charge in [0.2, 0.25) is 5.91 Å². The first-order chi connectivity index (χ1) is 8.80. The monoisotopic (exact) mass is 283 g/mol. The molecule has 1 unspecified atom stereocenters. The van der Waals surface area contributed by atoms with Crippen LogP contribution in [0.4, 0.5) is 0 Å². The van der Waals surface area contributed by atoms with Gasteiger partial charge in [-0.1, -0.05) is 50.6 Å². The van der Waals surface area contributed by atoms with Gasteiger partial charge in [0.05, 0.1) is 12.5 Å². The van der Waals surface area contributed by atoms with Gasteiger partial charge in [-0.15, -0.1) is 0 Å². The number of nitrogens with one attached hydrogen (secondary N) is 1. The van der Waals surface area contributed by atoms with E-state index in [4.69, 9.17) is 11.6 Å². The number of aliphatic hydroxyl groups excluding tert-OH is 1. The summed E-state index contributed by atoms with van der Waals surface area (Å²) in [7, 11) is 0. The first-order valence-corrected chi connectivity index (χ1v) is 6.86. The van der Waals surface area contributed by atoms with Gasteiger partial charge in [0.1, 0.15) is 0 Å². The third-order valence-electron chi connectivity index (χ3n) is 3.05. The van der Waals surface area contributed by atoms with Gasteiger partial charge in [-0.05, 0) is 23.5 Å². The first-order valence-electron chi connectivity index (χ1n) is 6.49. The normalized spacial score (nSPS) is 13.1. The Hall–Kier alpha value is -1.06. The molecule has 0 fully saturated rings. The van der Waals surface area contributed by atoms with Crippen molar-refractivity contribution in [1.82, 2.24) is 5.32 Å². The van der Waals surface area contributed by atoms with Crippen LogP contribution in [0.2, 0.25) is 5.02 Å². The molecule has 0 aliphatic carbocycles. The van der Waals surface area contributed by atoms with Crippen LogP contribution in [0.1, 0.15) is 32.8 Å². The number of carbonyl (C=O) groups is 1. The summed E-state index contributed by atoms with van der Waals surface area (Å²) in [5, 5.41) is 13.3. The fourth-order valence-corrected chi connectivity index (χ4v) is 1.86. The van der Waals surface area contributed by atoms with Crippen LogP contribution in [0.3, 0.4) is 0 Å². The SMILES string of the molecule is CC(C)(C)C(O)CCNC(=O)Cc1ccccc1Cl. The molecular weight excluding hydrogens is 262 g/mol. The third kappa shape index (κ3) is 5.62. The summed E-state index contributed by atoms with van der Waals surface area (Å²) in [5.74, 6) is -0.0748. The maximum atomic E-state index is 11.7. The Balaban J connectivity index is 2.35. The van der Waals surface area contributed by atoms with Crippen LogP contribution in [0, 0.1) is 5.41 Å². The first kappa shape index (κ1) is 16.0. The second kappa shape index (κ2) is 6.92. The van der Waals surface area contributed by atoms with E-state index < -0.39 is 6.10 Å². The van der Waals surface area contributed by atoms with E-state index in [1.165, 1.54) is 0 Å². The highest BCUT2D eigenvalue weighted by Crippen LogP contribution is 2.21. The zero-order valence-electron chi connectivity index (χ0n) is 11.7. The average molecular weight is 284 g/mol. The molecule has 1 aromatic carbocycles. The zero-order valence-corrected chi connectivity index (χ0v) is 12.5. The average Bonchev–Trinajstić information content (AvgIpc) is 2.31. The molecule has 1 rings (SSSR count). The van der Waals surface area contributed by atoms with Gasteiger partial charge in [0.15, 0.2) is 0 Å². The molecule has 2 N–H and O–H groups in total. The summed E-state index contributed by atoms with van der Waals surface area (Å²) in [6, 6.07) is 7.31. The Labute approximate surface area is 120 Å². The predicted octanol–water partition coefficient (Wildman–Crippen LogP) is 2.80. The van der Waals surface area contributed by atoms with E-state index >= 15 is 0 Å². The van der Waals surface area contributed by atoms with Crippen molar-refractivity contribution in [2.24, 2.45) is 5.41 Å². The minimum absolute atomic E-state index is 0.0748. The molecule has 3 nitrogen and oxygen atoms in total. The molecule has 0 saturated heterocycles. The van der Waals surface area contributed by atoms with Crippen LogP contribution >= 0.6 is 11.6 Å². The van der Waals surface area contributed by atoms with Crippen LogP contribution in [-0.2, 0) is 11.2 Å². The number of benzene rings is 1. The van der Waals surface area contributed by atoms with Gasteiger partial charge in [0, 0.05) is 11.6 Å². The van der Waals surface area contributed by atoms with Crippen molar-refractivity contribution in [2.45, 2.75) is 39.7 Å². The van der Waals surface area contributed by atoms with Crippen molar-refractivity contribution in [3.05, 3.63) is 34.9 Å². The van der Waals surface area contributed by atoms with Crippen molar-refractivity contribution in [3.63, 3.8) is 0 Å². The van der Waals surface area contributed by atoms with E-state index in [0.717, 1.165) is 5.56 Å². The maximum absolute atomic E-state index is 11.7. The summed E-state index contributed by atoms with van der Waals surface area (Å²) in [6.45, 7) is 6.40. The van der Waals surface area contributed by atoms with Crippen LogP contribution in [-0.4, -0.2) is 23.7 Å². The number of rotatable bonds is 5. The molecule has 1 amide bonds. The van der Waals surface area contributed by atoms with Gasteiger partial charge in [-0.25, -0.2) is 0 Å². The molecule has 106 valence electrons. The Bertz CT molecular complexity index is 426. The number of aliphatic hydroxyl groups is 1. The number of hydrogen-bond acceptors (Lipinski definition) is 2. The molecule has 0 radical (unpaired) electrons. The van der Waals surface area contributed by atoms with Crippen molar-refractivity contribution >= 4 is 17.5 Å². The molecule has 19 heavy (non-hydrogen) atoms. The van der Waals surface area contributed by atoms with Crippen LogP contribution in [0.15, 0.2) is 24.3 Å². The molecule has 0 aliphatic heterocycles. The Kier molecular flexibility index (Phi) is 5.83. The van der Waals surface area contributed by atoms with Crippen molar-refractivity contribution in [3.8, 4) is 0 Å². The molecule has 1 aromatic rings. The van der Waals surface area contributed by atoms with E-state index in [0.29, 0.717) is 18.0 Å². The lowest BCUT2D eigenvalue weighted by atomic mass is 9.87. The number of amides is 1. The highest BCUT2D eigenvalue weighted by Gasteiger charge is 2.21. The standard InChI is InChI=1S/C15H22ClNO2/c1-15(2,3)13(18)8-9-17-14(19)10-11-6-4-5-7-12(11)16/h4-7,13,18H,8-10H2,1-3H3,(H,17,19). The van der Waals surface area contributed by atoms with Crippen molar-refractivity contribution in [1.29, 1.82) is 0 Å². The van der Waals surface area contributed by atoms with E-state index in [1.54, 1.807) is 6.07 Å². The molecular formula is C15H22ClNO2. The lowest BCUT2D eigenvalue weighted by molar-refractivity contribution is -0.120. The van der Waals surface area contributed by atoms with Crippen molar-refractivity contribution in [2.75, 3.05) is 6.54 Å². The lowest BCUT2D eigenvalue weighted by Crippen LogP contribution is -2.33. The van der Waals surface area contributed by atoms with E-state index in [1.807, 2.05) is 39.0 Å². The van der Waals surface area contributed by atoms with Gasteiger partial charge in [-0.2, -0.15) is 0 Å². The predicted molar refractivity (Wildman–Crippen MR) is 78.2 cm³/mol. The van der Waals surface area contributed by atoms with E-state index in [-0.39, 0.29) is 17.7 Å². The summed E-state index contributed by atoms with van der Waals surface area (Å²) in [4.78, 5) is 11.7. The molecule has 0 bridgehead atoms. The Morgan fingerprint density at radius 3 is 2.58 bits per heavy atom. The van der Waals surface area contributed by atoms with E-state index in [9.17, 15) is 9.90 Å². The molecule has 0 aliphatic rings.